The monoisotopic (exact) mass is 390 g/mol. The number of carbonyl (C=O) groups is 3. The molecule has 27 heavy (non-hydrogen) atoms. The fraction of sp³-hybridized carbons (Fsp3) is 0.824. The molecule has 1 heterocycles. The Morgan fingerprint density at radius 2 is 1.93 bits per heavy atom. The average molecular weight is 390 g/mol. The molecular formula is C17H30N2O8. The second kappa shape index (κ2) is 9.98. The number of nitrogens with one attached hydrogen (secondary N) is 2. The van der Waals surface area contributed by atoms with Gasteiger partial charge < -0.3 is 35.8 Å². The van der Waals surface area contributed by atoms with E-state index in [0.29, 0.717) is 6.42 Å². The second-order valence-corrected chi connectivity index (χ2v) is 7.08. The number of aliphatic carboxylic acids is 1. The average Bonchev–Trinajstić information content (AvgIpc) is 2.58. The van der Waals surface area contributed by atoms with E-state index in [0.717, 1.165) is 6.42 Å². The minimum atomic E-state index is -1.80. The van der Waals surface area contributed by atoms with E-state index >= 15 is 0 Å². The van der Waals surface area contributed by atoms with Crippen molar-refractivity contribution in [3.05, 3.63) is 0 Å². The van der Waals surface area contributed by atoms with Crippen molar-refractivity contribution >= 4 is 17.8 Å². The fourth-order valence-corrected chi connectivity index (χ4v) is 2.98. The third-order valence-corrected chi connectivity index (χ3v) is 4.58. The van der Waals surface area contributed by atoms with Crippen molar-refractivity contribution < 1.29 is 39.5 Å². The van der Waals surface area contributed by atoms with E-state index in [4.69, 9.17) is 4.74 Å². The molecule has 1 saturated heterocycles. The maximum atomic E-state index is 11.6. The summed E-state index contributed by atoms with van der Waals surface area (Å²) in [5.41, 5.74) is -1.80. The number of amides is 2. The highest BCUT2D eigenvalue weighted by Crippen LogP contribution is 2.32. The Hall–Kier alpha value is -1.75. The van der Waals surface area contributed by atoms with Gasteiger partial charge in [-0.15, -0.1) is 0 Å². The van der Waals surface area contributed by atoms with Crippen molar-refractivity contribution in [2.45, 2.75) is 82.5 Å². The Morgan fingerprint density at radius 1 is 1.30 bits per heavy atom. The number of hydrogen-bond acceptors (Lipinski definition) is 7. The summed E-state index contributed by atoms with van der Waals surface area (Å²) < 4.78 is 5.48. The topological polar surface area (TPSA) is 165 Å². The van der Waals surface area contributed by atoms with Crippen molar-refractivity contribution in [2.24, 2.45) is 0 Å². The molecule has 0 aliphatic carbocycles. The van der Waals surface area contributed by atoms with Crippen LogP contribution in [-0.2, 0) is 19.1 Å². The molecule has 0 saturated carbocycles. The highest BCUT2D eigenvalue weighted by molar-refractivity contribution is 5.77. The fourth-order valence-electron chi connectivity index (χ4n) is 2.98. The standard InChI is InChI=1S/C17H30N2O8/c1-4-5-6-12(23)18-8-11(22)14(24)15-13(19-9(2)20)10(21)7-17(3,27-15)16(25)26/h10-11,13-15,21-22,24H,4-8H2,1-3H3,(H,18,23)(H,19,20)(H,25,26)/t10-,11-,13-,14-,15?,17+/m1/s1. The summed E-state index contributed by atoms with van der Waals surface area (Å²) >= 11 is 0. The van der Waals surface area contributed by atoms with Gasteiger partial charge in [-0.05, 0) is 13.3 Å². The van der Waals surface area contributed by atoms with Crippen molar-refractivity contribution in [2.75, 3.05) is 6.54 Å². The number of carboxylic acids is 1. The van der Waals surface area contributed by atoms with E-state index in [1.54, 1.807) is 0 Å². The smallest absolute Gasteiger partial charge is 0.335 e. The van der Waals surface area contributed by atoms with Gasteiger partial charge in [0.25, 0.3) is 0 Å². The summed E-state index contributed by atoms with van der Waals surface area (Å²) in [6, 6.07) is -1.12. The first-order valence-corrected chi connectivity index (χ1v) is 9.01. The van der Waals surface area contributed by atoms with Gasteiger partial charge in [0.2, 0.25) is 11.8 Å². The first-order valence-electron chi connectivity index (χ1n) is 9.01. The maximum Gasteiger partial charge on any atom is 0.335 e. The van der Waals surface area contributed by atoms with Gasteiger partial charge >= 0.3 is 5.97 Å². The Kier molecular flexibility index (Phi) is 8.60. The predicted molar refractivity (Wildman–Crippen MR) is 93.7 cm³/mol. The number of unbranched alkanes of at least 4 members (excludes halogenated alkanes) is 1. The highest BCUT2D eigenvalue weighted by Gasteiger charge is 2.52. The van der Waals surface area contributed by atoms with E-state index in [9.17, 15) is 34.8 Å². The number of hydrogen-bond donors (Lipinski definition) is 6. The summed E-state index contributed by atoms with van der Waals surface area (Å²) in [5.74, 6) is -2.15. The molecule has 1 unspecified atom stereocenters. The van der Waals surface area contributed by atoms with Gasteiger partial charge in [-0.2, -0.15) is 0 Å². The molecule has 2 amide bonds. The first-order chi connectivity index (χ1) is 12.5. The van der Waals surface area contributed by atoms with E-state index in [2.05, 4.69) is 10.6 Å². The molecule has 10 nitrogen and oxygen atoms in total. The van der Waals surface area contributed by atoms with Crippen LogP contribution in [0.5, 0.6) is 0 Å². The number of carbonyl (C=O) groups excluding carboxylic acids is 2. The summed E-state index contributed by atoms with van der Waals surface area (Å²) in [7, 11) is 0. The molecule has 156 valence electrons. The number of aliphatic hydroxyl groups excluding tert-OH is 3. The van der Waals surface area contributed by atoms with Gasteiger partial charge in [-0.25, -0.2) is 4.79 Å². The minimum Gasteiger partial charge on any atom is -0.479 e. The summed E-state index contributed by atoms with van der Waals surface area (Å²) in [4.78, 5) is 34.5. The number of rotatable bonds is 9. The molecule has 0 bridgehead atoms. The predicted octanol–water partition coefficient (Wildman–Crippen LogP) is -1.49. The zero-order valence-electron chi connectivity index (χ0n) is 15.8. The van der Waals surface area contributed by atoms with E-state index in [-0.39, 0.29) is 25.3 Å². The lowest BCUT2D eigenvalue weighted by molar-refractivity contribution is -0.222. The normalized spacial score (nSPS) is 30.2. The van der Waals surface area contributed by atoms with Crippen LogP contribution in [0.4, 0.5) is 0 Å². The van der Waals surface area contributed by atoms with Crippen LogP contribution in [0.1, 0.15) is 46.5 Å². The van der Waals surface area contributed by atoms with E-state index < -0.39 is 47.9 Å². The second-order valence-electron chi connectivity index (χ2n) is 7.08. The highest BCUT2D eigenvalue weighted by atomic mass is 16.6. The Morgan fingerprint density at radius 3 is 2.44 bits per heavy atom. The largest absolute Gasteiger partial charge is 0.479 e. The molecule has 6 atom stereocenters. The molecule has 1 aliphatic rings. The SMILES string of the molecule is CCCCC(=O)NC[C@@H](O)[C@@H](O)C1O[C@](C)(C(=O)O)C[C@@H](O)[C@H]1NC(C)=O. The van der Waals surface area contributed by atoms with Gasteiger partial charge in [-0.1, -0.05) is 13.3 Å². The van der Waals surface area contributed by atoms with Crippen LogP contribution < -0.4 is 10.6 Å². The molecule has 1 fully saturated rings. The lowest BCUT2D eigenvalue weighted by Crippen LogP contribution is -2.66. The molecule has 0 aromatic rings. The first kappa shape index (κ1) is 23.3. The lowest BCUT2D eigenvalue weighted by atomic mass is 9.84. The third kappa shape index (κ3) is 6.42. The van der Waals surface area contributed by atoms with Crippen LogP contribution in [0, 0.1) is 0 Å². The van der Waals surface area contributed by atoms with Crippen molar-refractivity contribution in [3.8, 4) is 0 Å². The Labute approximate surface area is 157 Å². The van der Waals surface area contributed by atoms with Gasteiger partial charge in [0.15, 0.2) is 5.60 Å². The van der Waals surface area contributed by atoms with Crippen LogP contribution in [0.15, 0.2) is 0 Å². The van der Waals surface area contributed by atoms with E-state index in [1.807, 2.05) is 6.92 Å². The van der Waals surface area contributed by atoms with Crippen LogP contribution in [0.3, 0.4) is 0 Å². The number of aliphatic hydroxyl groups is 3. The lowest BCUT2D eigenvalue weighted by Gasteiger charge is -2.45. The van der Waals surface area contributed by atoms with Crippen LogP contribution in [0.25, 0.3) is 0 Å². The minimum absolute atomic E-state index is 0.281. The number of carboxylic acid groups (broad SMARTS) is 1. The molecule has 0 aromatic carbocycles. The molecule has 0 radical (unpaired) electrons. The summed E-state index contributed by atoms with van der Waals surface area (Å²) in [6.07, 6.45) is -4.34. The zero-order chi connectivity index (χ0) is 20.8. The van der Waals surface area contributed by atoms with E-state index in [1.165, 1.54) is 13.8 Å². The Balaban J connectivity index is 2.88. The molecule has 0 aromatic heterocycles. The zero-order valence-corrected chi connectivity index (χ0v) is 15.8. The van der Waals surface area contributed by atoms with Crippen molar-refractivity contribution in [1.82, 2.24) is 10.6 Å². The van der Waals surface area contributed by atoms with Gasteiger partial charge in [0.05, 0.1) is 18.2 Å². The van der Waals surface area contributed by atoms with Gasteiger partial charge in [-0.3, -0.25) is 9.59 Å². The maximum absolute atomic E-state index is 11.6. The molecule has 6 N–H and O–H groups in total. The van der Waals surface area contributed by atoms with Crippen LogP contribution >= 0.6 is 0 Å². The summed E-state index contributed by atoms with van der Waals surface area (Å²) in [5, 5.41) is 45.2. The third-order valence-electron chi connectivity index (χ3n) is 4.58. The molecule has 1 rings (SSSR count). The quantitative estimate of drug-likeness (QED) is 0.277. The molecule has 10 heteroatoms. The van der Waals surface area contributed by atoms with Crippen LogP contribution in [-0.4, -0.2) is 80.8 Å². The van der Waals surface area contributed by atoms with Gasteiger partial charge in [0, 0.05) is 26.3 Å². The number of ether oxygens (including phenoxy) is 1. The van der Waals surface area contributed by atoms with Crippen molar-refractivity contribution in [1.29, 1.82) is 0 Å². The molecule has 1 aliphatic heterocycles. The van der Waals surface area contributed by atoms with Crippen molar-refractivity contribution in [3.63, 3.8) is 0 Å². The van der Waals surface area contributed by atoms with Gasteiger partial charge in [0.1, 0.15) is 12.2 Å². The molecule has 0 spiro atoms. The van der Waals surface area contributed by atoms with Crippen LogP contribution in [0.2, 0.25) is 0 Å². The summed E-state index contributed by atoms with van der Waals surface area (Å²) in [6.45, 7) is 4.09. The Bertz CT molecular complexity index is 543. The molecular weight excluding hydrogens is 360 g/mol.